The fourth-order valence-corrected chi connectivity index (χ4v) is 3.93. The van der Waals surface area contributed by atoms with Crippen LogP contribution in [-0.2, 0) is 0 Å². The van der Waals surface area contributed by atoms with E-state index in [1.807, 2.05) is 47.5 Å². The Balaban J connectivity index is 1.42. The predicted octanol–water partition coefficient (Wildman–Crippen LogP) is 6.71. The van der Waals surface area contributed by atoms with Crippen molar-refractivity contribution in [3.63, 3.8) is 0 Å². The average molecular weight is 444 g/mol. The van der Waals surface area contributed by atoms with Gasteiger partial charge < -0.3 is 0 Å². The molecule has 0 aliphatic carbocycles. The van der Waals surface area contributed by atoms with Gasteiger partial charge in [-0.25, -0.2) is 0 Å². The Morgan fingerprint density at radius 1 is 0.931 bits per heavy atom. The molecule has 3 aromatic rings. The molecule has 1 aliphatic heterocycles. The molecule has 1 heterocycles. The van der Waals surface area contributed by atoms with E-state index in [9.17, 15) is 0 Å². The maximum Gasteiger partial charge on any atom is 0.0935 e. The van der Waals surface area contributed by atoms with Crippen LogP contribution in [0, 0.1) is 0 Å². The van der Waals surface area contributed by atoms with Crippen LogP contribution in [-0.4, -0.2) is 18.5 Å². The van der Waals surface area contributed by atoms with Gasteiger partial charge in [-0.05, 0) is 35.4 Å². The Bertz CT molecular complexity index is 1040. The molecule has 1 aliphatic rings. The molecule has 3 aromatic carbocycles. The molecule has 0 aromatic heterocycles. The van der Waals surface area contributed by atoms with E-state index < -0.39 is 0 Å². The van der Waals surface area contributed by atoms with Crippen molar-refractivity contribution in [2.45, 2.75) is 6.42 Å². The van der Waals surface area contributed by atoms with Crippen LogP contribution in [0.1, 0.15) is 17.5 Å². The lowest BCUT2D eigenvalue weighted by Gasteiger charge is -2.13. The number of nitrogens with one attached hydrogen (secondary N) is 1. The summed E-state index contributed by atoms with van der Waals surface area (Å²) in [4.78, 5) is 0. The second-order valence-electron chi connectivity index (χ2n) is 6.49. The quantitative estimate of drug-likeness (QED) is 0.352. The molecule has 0 fully saturated rings. The molecule has 0 spiro atoms. The Labute approximate surface area is 184 Å². The van der Waals surface area contributed by atoms with E-state index >= 15 is 0 Å². The van der Waals surface area contributed by atoms with Gasteiger partial charge in [0.1, 0.15) is 0 Å². The van der Waals surface area contributed by atoms with Crippen LogP contribution in [0.2, 0.25) is 15.1 Å². The Morgan fingerprint density at radius 3 is 2.31 bits per heavy atom. The fraction of sp³-hybridized carbons (Fsp3) is 0.0909. The van der Waals surface area contributed by atoms with Gasteiger partial charge in [-0.15, -0.1) is 0 Å². The number of hydrogen-bond acceptors (Lipinski definition) is 4. The molecule has 0 saturated carbocycles. The summed E-state index contributed by atoms with van der Waals surface area (Å²) < 4.78 is 0. The van der Waals surface area contributed by atoms with Gasteiger partial charge in [0.2, 0.25) is 0 Å². The Hall–Kier alpha value is -2.53. The summed E-state index contributed by atoms with van der Waals surface area (Å²) in [5, 5.41) is 12.3. The van der Waals surface area contributed by atoms with Crippen molar-refractivity contribution in [1.82, 2.24) is 0 Å². The summed E-state index contributed by atoms with van der Waals surface area (Å²) >= 11 is 18.2. The van der Waals surface area contributed by atoms with Crippen LogP contribution in [0.3, 0.4) is 0 Å². The summed E-state index contributed by atoms with van der Waals surface area (Å²) in [6.45, 7) is 0.868. The first-order chi connectivity index (χ1) is 14.1. The third-order valence-corrected chi connectivity index (χ3v) is 5.31. The third kappa shape index (κ3) is 4.73. The maximum atomic E-state index is 6.14. The lowest BCUT2D eigenvalue weighted by molar-refractivity contribution is 0.922. The van der Waals surface area contributed by atoms with Crippen molar-refractivity contribution in [3.8, 4) is 0 Å². The zero-order valence-electron chi connectivity index (χ0n) is 15.3. The number of benzene rings is 3. The van der Waals surface area contributed by atoms with E-state index in [4.69, 9.17) is 39.9 Å². The van der Waals surface area contributed by atoms with Crippen molar-refractivity contribution >= 4 is 58.1 Å². The first kappa shape index (κ1) is 19.8. The SMILES string of the molecule is Clc1cc(Cl)c(N/N=C\c2ccc(N3CCC(c4ccccc4)=N3)cc2)c(Cl)c1. The molecule has 0 atom stereocenters. The van der Waals surface area contributed by atoms with E-state index in [-0.39, 0.29) is 0 Å². The van der Waals surface area contributed by atoms with Crippen molar-refractivity contribution in [3.05, 3.63) is 92.9 Å². The number of hydrogen-bond donors (Lipinski definition) is 1. The van der Waals surface area contributed by atoms with Crippen LogP contribution < -0.4 is 10.4 Å². The molecule has 1 N–H and O–H groups in total. The van der Waals surface area contributed by atoms with Gasteiger partial charge in [0.15, 0.2) is 0 Å². The first-order valence-corrected chi connectivity index (χ1v) is 10.2. The van der Waals surface area contributed by atoms with Gasteiger partial charge in [-0.3, -0.25) is 10.4 Å². The zero-order chi connectivity index (χ0) is 20.2. The van der Waals surface area contributed by atoms with Crippen LogP contribution in [0.25, 0.3) is 0 Å². The highest BCUT2D eigenvalue weighted by Crippen LogP contribution is 2.33. The molecule has 0 saturated heterocycles. The number of halogens is 3. The normalized spacial score (nSPS) is 13.8. The predicted molar refractivity (Wildman–Crippen MR) is 124 cm³/mol. The molecule has 146 valence electrons. The second kappa shape index (κ2) is 8.87. The summed E-state index contributed by atoms with van der Waals surface area (Å²) in [6.07, 6.45) is 2.63. The van der Waals surface area contributed by atoms with Gasteiger partial charge in [-0.1, -0.05) is 77.3 Å². The van der Waals surface area contributed by atoms with Gasteiger partial charge in [0.25, 0.3) is 0 Å². The Kier molecular flexibility index (Phi) is 6.05. The standard InChI is InChI=1S/C22H17Cl3N4/c23-17-12-19(24)22(20(25)13-17)27-26-14-15-6-8-18(9-7-15)29-11-10-21(28-29)16-4-2-1-3-5-16/h1-9,12-14,27H,10-11H2/b26-14-. The summed E-state index contributed by atoms with van der Waals surface area (Å²) in [5.74, 6) is 0. The molecule has 4 nitrogen and oxygen atoms in total. The van der Waals surface area contributed by atoms with Crippen LogP contribution >= 0.6 is 34.8 Å². The number of anilines is 2. The third-order valence-electron chi connectivity index (χ3n) is 4.50. The number of rotatable bonds is 5. The van der Waals surface area contributed by atoms with Gasteiger partial charge in [0, 0.05) is 18.0 Å². The summed E-state index contributed by atoms with van der Waals surface area (Å²) in [6, 6.07) is 21.5. The molecule has 0 amide bonds. The molecule has 0 bridgehead atoms. The second-order valence-corrected chi connectivity index (χ2v) is 7.74. The minimum atomic E-state index is 0.413. The minimum absolute atomic E-state index is 0.413. The van der Waals surface area contributed by atoms with Crippen molar-refractivity contribution in [2.24, 2.45) is 10.2 Å². The molecule has 4 rings (SSSR count). The Morgan fingerprint density at radius 2 is 1.62 bits per heavy atom. The maximum absolute atomic E-state index is 6.14. The van der Waals surface area contributed by atoms with Gasteiger partial charge >= 0.3 is 0 Å². The highest BCUT2D eigenvalue weighted by molar-refractivity contribution is 6.41. The largest absolute Gasteiger partial charge is 0.275 e. The van der Waals surface area contributed by atoms with Gasteiger partial charge in [0.05, 0.1) is 33.3 Å². The monoisotopic (exact) mass is 442 g/mol. The lowest BCUT2D eigenvalue weighted by Crippen LogP contribution is -2.11. The molecule has 7 heteroatoms. The van der Waals surface area contributed by atoms with Crippen molar-refractivity contribution in [1.29, 1.82) is 0 Å². The van der Waals surface area contributed by atoms with E-state index in [2.05, 4.69) is 22.7 Å². The van der Waals surface area contributed by atoms with E-state index in [0.717, 1.165) is 29.9 Å². The van der Waals surface area contributed by atoms with Crippen molar-refractivity contribution < 1.29 is 0 Å². The van der Waals surface area contributed by atoms with Crippen LogP contribution in [0.15, 0.2) is 76.9 Å². The van der Waals surface area contributed by atoms with Gasteiger partial charge in [-0.2, -0.15) is 10.2 Å². The van der Waals surface area contributed by atoms with Crippen LogP contribution in [0.4, 0.5) is 11.4 Å². The highest BCUT2D eigenvalue weighted by Gasteiger charge is 2.16. The molecule has 29 heavy (non-hydrogen) atoms. The summed E-state index contributed by atoms with van der Waals surface area (Å²) in [5.41, 5.74) is 7.65. The van der Waals surface area contributed by atoms with E-state index in [1.54, 1.807) is 18.3 Å². The number of hydrazone groups is 2. The van der Waals surface area contributed by atoms with E-state index in [0.29, 0.717) is 20.8 Å². The molecule has 0 radical (unpaired) electrons. The summed E-state index contributed by atoms with van der Waals surface area (Å²) in [7, 11) is 0. The molecular formula is C22H17Cl3N4. The minimum Gasteiger partial charge on any atom is -0.275 e. The fourth-order valence-electron chi connectivity index (χ4n) is 3.03. The smallest absolute Gasteiger partial charge is 0.0935 e. The first-order valence-electron chi connectivity index (χ1n) is 9.04. The molecular weight excluding hydrogens is 427 g/mol. The van der Waals surface area contributed by atoms with Crippen LogP contribution in [0.5, 0.6) is 0 Å². The average Bonchev–Trinajstić information content (AvgIpc) is 3.21. The lowest BCUT2D eigenvalue weighted by atomic mass is 10.1. The highest BCUT2D eigenvalue weighted by atomic mass is 35.5. The zero-order valence-corrected chi connectivity index (χ0v) is 17.6. The van der Waals surface area contributed by atoms with E-state index in [1.165, 1.54) is 5.56 Å². The molecule has 0 unspecified atom stereocenters. The topological polar surface area (TPSA) is 40.0 Å². The number of nitrogens with zero attached hydrogens (tertiary/aromatic N) is 3. The van der Waals surface area contributed by atoms with Crippen molar-refractivity contribution in [2.75, 3.05) is 17.0 Å².